The third-order valence-electron chi connectivity index (χ3n) is 3.84. The van der Waals surface area contributed by atoms with Crippen molar-refractivity contribution in [3.63, 3.8) is 0 Å². The molecule has 1 aliphatic carbocycles. The molecule has 0 aromatic rings. The Morgan fingerprint density at radius 3 is 2.61 bits per heavy atom. The Hall–Kier alpha value is -0.610. The normalized spacial score (nSPS) is 24.6. The Balaban J connectivity index is 2.55. The molecule has 0 bridgehead atoms. The Morgan fingerprint density at radius 1 is 1.39 bits per heavy atom. The highest BCUT2D eigenvalue weighted by Crippen LogP contribution is 2.27. The van der Waals surface area contributed by atoms with Gasteiger partial charge in [-0.15, -0.1) is 0 Å². The van der Waals surface area contributed by atoms with Gasteiger partial charge >= 0.3 is 0 Å². The molecule has 0 aromatic carbocycles. The first kappa shape index (κ1) is 15.4. The molecule has 0 radical (unpaired) electrons. The van der Waals surface area contributed by atoms with Crippen LogP contribution in [0.25, 0.3) is 0 Å². The van der Waals surface area contributed by atoms with Gasteiger partial charge in [0.15, 0.2) is 0 Å². The first-order valence-corrected chi connectivity index (χ1v) is 7.32. The zero-order chi connectivity index (χ0) is 13.5. The second kappa shape index (κ2) is 7.74. The van der Waals surface area contributed by atoms with Gasteiger partial charge in [0, 0.05) is 12.1 Å². The van der Waals surface area contributed by atoms with E-state index in [1.165, 1.54) is 25.7 Å². The summed E-state index contributed by atoms with van der Waals surface area (Å²) >= 11 is 0. The summed E-state index contributed by atoms with van der Waals surface area (Å²) in [6.45, 7) is 8.30. The third-order valence-corrected chi connectivity index (χ3v) is 3.84. The van der Waals surface area contributed by atoms with Crippen molar-refractivity contribution < 1.29 is 4.79 Å². The maximum absolute atomic E-state index is 11.9. The molecule has 1 amide bonds. The maximum atomic E-state index is 11.9. The molecule has 0 saturated heterocycles. The lowest BCUT2D eigenvalue weighted by molar-refractivity contribution is -0.123. The fraction of sp³-hybridized carbons (Fsp3) is 0.929. The van der Waals surface area contributed by atoms with Crippen molar-refractivity contribution in [1.29, 1.82) is 0 Å². The molecular weight excluding hydrogens is 226 g/mol. The predicted molar refractivity (Wildman–Crippen MR) is 75.3 cm³/mol. The van der Waals surface area contributed by atoms with Gasteiger partial charge in [0.1, 0.15) is 0 Å². The molecule has 4 nitrogen and oxygen atoms in total. The smallest absolute Gasteiger partial charge is 0.234 e. The van der Waals surface area contributed by atoms with Gasteiger partial charge in [0.05, 0.1) is 6.54 Å². The molecule has 0 spiro atoms. The Morgan fingerprint density at radius 2 is 2.06 bits per heavy atom. The van der Waals surface area contributed by atoms with E-state index in [4.69, 9.17) is 5.73 Å². The van der Waals surface area contributed by atoms with Crippen LogP contribution in [0.2, 0.25) is 0 Å². The number of carbonyl (C=O) groups excluding carboxylic acids is 1. The van der Waals surface area contributed by atoms with E-state index in [-0.39, 0.29) is 11.9 Å². The Bertz CT molecular complexity index is 255. The van der Waals surface area contributed by atoms with Gasteiger partial charge in [0.25, 0.3) is 0 Å². The molecule has 1 saturated carbocycles. The number of nitrogens with zero attached hydrogens (tertiary/aromatic N) is 1. The van der Waals surface area contributed by atoms with Crippen LogP contribution in [0.3, 0.4) is 0 Å². The molecule has 0 aromatic heterocycles. The van der Waals surface area contributed by atoms with Crippen molar-refractivity contribution in [3.05, 3.63) is 0 Å². The molecule has 106 valence electrons. The third kappa shape index (κ3) is 4.58. The molecular formula is C14H29N3O. The highest BCUT2D eigenvalue weighted by Gasteiger charge is 2.29. The molecule has 3 N–H and O–H groups in total. The lowest BCUT2D eigenvalue weighted by atomic mass is 9.83. The zero-order valence-electron chi connectivity index (χ0n) is 12.1. The number of carbonyl (C=O) groups is 1. The topological polar surface area (TPSA) is 58.4 Å². The van der Waals surface area contributed by atoms with Gasteiger partial charge < -0.3 is 11.1 Å². The molecule has 1 rings (SSSR count). The van der Waals surface area contributed by atoms with Crippen molar-refractivity contribution in [1.82, 2.24) is 10.2 Å². The molecule has 0 heterocycles. The minimum Gasteiger partial charge on any atom is -0.353 e. The minimum atomic E-state index is 0.133. The summed E-state index contributed by atoms with van der Waals surface area (Å²) in [5, 5.41) is 2.97. The van der Waals surface area contributed by atoms with Crippen LogP contribution in [-0.2, 0) is 4.79 Å². The number of nitrogens with one attached hydrogen (secondary N) is 1. The second-order valence-electron chi connectivity index (χ2n) is 5.63. The van der Waals surface area contributed by atoms with Crippen LogP contribution >= 0.6 is 0 Å². The van der Waals surface area contributed by atoms with Crippen LogP contribution in [0.4, 0.5) is 0 Å². The lowest BCUT2D eigenvalue weighted by Gasteiger charge is -2.39. The fourth-order valence-corrected chi connectivity index (χ4v) is 2.96. The summed E-state index contributed by atoms with van der Waals surface area (Å²) in [4.78, 5) is 14.2. The van der Waals surface area contributed by atoms with Crippen molar-refractivity contribution in [3.8, 4) is 0 Å². The van der Waals surface area contributed by atoms with Crippen LogP contribution in [0.5, 0.6) is 0 Å². The highest BCUT2D eigenvalue weighted by atomic mass is 16.2. The number of rotatable bonds is 6. The first-order valence-electron chi connectivity index (χ1n) is 7.32. The van der Waals surface area contributed by atoms with E-state index in [2.05, 4.69) is 17.1 Å². The summed E-state index contributed by atoms with van der Waals surface area (Å²) in [6, 6.07) is 0.708. The van der Waals surface area contributed by atoms with Crippen LogP contribution in [0.15, 0.2) is 0 Å². The van der Waals surface area contributed by atoms with E-state index in [1.807, 2.05) is 13.8 Å². The van der Waals surface area contributed by atoms with Crippen molar-refractivity contribution >= 4 is 5.91 Å². The standard InChI is InChI=1S/C14H29N3O/c1-4-17(10-14(18)16-11(2)3)13-8-6-5-7-12(13)9-15/h11-13H,4-10,15H2,1-3H3,(H,16,18). The monoisotopic (exact) mass is 255 g/mol. The average molecular weight is 255 g/mol. The number of nitrogens with two attached hydrogens (primary N) is 1. The van der Waals surface area contributed by atoms with Crippen LogP contribution in [0, 0.1) is 5.92 Å². The number of likely N-dealkylation sites (N-methyl/N-ethyl adjacent to an activating group) is 1. The van der Waals surface area contributed by atoms with Gasteiger partial charge in [0.2, 0.25) is 5.91 Å². The lowest BCUT2D eigenvalue weighted by Crippen LogP contribution is -2.49. The summed E-state index contributed by atoms with van der Waals surface area (Å²) in [7, 11) is 0. The zero-order valence-corrected chi connectivity index (χ0v) is 12.1. The van der Waals surface area contributed by atoms with Crippen molar-refractivity contribution in [2.24, 2.45) is 11.7 Å². The second-order valence-corrected chi connectivity index (χ2v) is 5.63. The summed E-state index contributed by atoms with van der Waals surface area (Å²) in [6.07, 6.45) is 4.95. The van der Waals surface area contributed by atoms with E-state index >= 15 is 0 Å². The van der Waals surface area contributed by atoms with E-state index in [1.54, 1.807) is 0 Å². The fourth-order valence-electron chi connectivity index (χ4n) is 2.96. The van der Waals surface area contributed by atoms with E-state index in [0.29, 0.717) is 18.5 Å². The highest BCUT2D eigenvalue weighted by molar-refractivity contribution is 5.78. The molecule has 18 heavy (non-hydrogen) atoms. The SMILES string of the molecule is CCN(CC(=O)NC(C)C)C1CCCCC1CN. The van der Waals surface area contributed by atoms with Crippen molar-refractivity contribution in [2.75, 3.05) is 19.6 Å². The molecule has 2 unspecified atom stereocenters. The van der Waals surface area contributed by atoms with E-state index in [9.17, 15) is 4.79 Å². The average Bonchev–Trinajstić information content (AvgIpc) is 2.35. The van der Waals surface area contributed by atoms with E-state index < -0.39 is 0 Å². The molecule has 1 fully saturated rings. The molecule has 1 aliphatic rings. The molecule has 2 atom stereocenters. The van der Waals surface area contributed by atoms with Gasteiger partial charge in [-0.2, -0.15) is 0 Å². The Labute approximate surface area is 111 Å². The summed E-state index contributed by atoms with van der Waals surface area (Å²) in [5.41, 5.74) is 5.87. The van der Waals surface area contributed by atoms with Gasteiger partial charge in [-0.1, -0.05) is 19.8 Å². The minimum absolute atomic E-state index is 0.133. The van der Waals surface area contributed by atoms with Gasteiger partial charge in [-0.3, -0.25) is 9.69 Å². The summed E-state index contributed by atoms with van der Waals surface area (Å²) in [5.74, 6) is 0.693. The van der Waals surface area contributed by atoms with Crippen LogP contribution in [0.1, 0.15) is 46.5 Å². The van der Waals surface area contributed by atoms with Gasteiger partial charge in [-0.25, -0.2) is 0 Å². The number of hydrogen-bond acceptors (Lipinski definition) is 3. The maximum Gasteiger partial charge on any atom is 0.234 e. The number of hydrogen-bond donors (Lipinski definition) is 2. The largest absolute Gasteiger partial charge is 0.353 e. The summed E-state index contributed by atoms with van der Waals surface area (Å²) < 4.78 is 0. The predicted octanol–water partition coefficient (Wildman–Crippen LogP) is 1.35. The van der Waals surface area contributed by atoms with Crippen LogP contribution < -0.4 is 11.1 Å². The van der Waals surface area contributed by atoms with Crippen LogP contribution in [-0.4, -0.2) is 42.5 Å². The Kier molecular flexibility index (Phi) is 6.65. The van der Waals surface area contributed by atoms with E-state index in [0.717, 1.165) is 13.1 Å². The van der Waals surface area contributed by atoms with Crippen molar-refractivity contribution in [2.45, 2.75) is 58.5 Å². The molecule has 4 heteroatoms. The quantitative estimate of drug-likeness (QED) is 0.753. The van der Waals surface area contributed by atoms with Gasteiger partial charge in [-0.05, 0) is 45.7 Å². The first-order chi connectivity index (χ1) is 8.58. The molecule has 0 aliphatic heterocycles. The number of amides is 1.